The Morgan fingerprint density at radius 1 is 1.15 bits per heavy atom. The van der Waals surface area contributed by atoms with E-state index in [1.54, 1.807) is 0 Å². The van der Waals surface area contributed by atoms with Crippen molar-refractivity contribution in [3.63, 3.8) is 0 Å². The molecule has 0 aromatic heterocycles. The van der Waals surface area contributed by atoms with Gasteiger partial charge in [0.25, 0.3) is 0 Å². The molecule has 0 bridgehead atoms. The molecule has 0 aliphatic carbocycles. The number of hydrogen-bond acceptors (Lipinski definition) is 3. The van der Waals surface area contributed by atoms with Gasteiger partial charge in [-0.05, 0) is 82.9 Å². The Balaban J connectivity index is 1.85. The minimum atomic E-state index is 0.184. The van der Waals surface area contributed by atoms with Crippen LogP contribution in [0.1, 0.15) is 42.5 Å². The SMILES string of the molecule is Nc1c(Br)cc(C(=O)CCCN2CCCCC2)cc1Br. The summed E-state index contributed by atoms with van der Waals surface area (Å²) in [6.07, 6.45) is 5.47. The van der Waals surface area contributed by atoms with Crippen LogP contribution in [0.2, 0.25) is 0 Å². The lowest BCUT2D eigenvalue weighted by Gasteiger charge is -2.26. The number of likely N-dealkylation sites (tertiary alicyclic amines) is 1. The number of piperidine rings is 1. The Bertz CT molecular complexity index is 462. The smallest absolute Gasteiger partial charge is 0.163 e. The number of nitrogens with zero attached hydrogens (tertiary/aromatic N) is 1. The minimum Gasteiger partial charge on any atom is -0.397 e. The molecule has 0 atom stereocenters. The van der Waals surface area contributed by atoms with Gasteiger partial charge in [-0.15, -0.1) is 0 Å². The Labute approximate surface area is 137 Å². The molecule has 110 valence electrons. The first kappa shape index (κ1) is 16.0. The summed E-state index contributed by atoms with van der Waals surface area (Å²) in [5, 5.41) is 0. The lowest BCUT2D eigenvalue weighted by Crippen LogP contribution is -2.30. The van der Waals surface area contributed by atoms with Gasteiger partial charge in [-0.1, -0.05) is 6.42 Å². The standard InChI is InChI=1S/C15H20Br2N2O/c16-12-9-11(10-13(17)15(12)18)14(20)5-4-8-19-6-2-1-3-7-19/h9-10H,1-8,18H2. The second kappa shape index (κ2) is 7.57. The van der Waals surface area contributed by atoms with Crippen LogP contribution in [-0.4, -0.2) is 30.3 Å². The third-order valence-corrected chi connectivity index (χ3v) is 5.04. The summed E-state index contributed by atoms with van der Waals surface area (Å²) in [6, 6.07) is 3.62. The van der Waals surface area contributed by atoms with Crippen LogP contribution in [0.25, 0.3) is 0 Å². The fourth-order valence-electron chi connectivity index (χ4n) is 2.54. The largest absolute Gasteiger partial charge is 0.397 e. The molecule has 1 aromatic carbocycles. The molecule has 0 amide bonds. The van der Waals surface area contributed by atoms with Crippen LogP contribution in [0.15, 0.2) is 21.1 Å². The third kappa shape index (κ3) is 4.30. The van der Waals surface area contributed by atoms with E-state index < -0.39 is 0 Å². The molecular formula is C15H20Br2N2O. The number of benzene rings is 1. The van der Waals surface area contributed by atoms with E-state index in [0.717, 1.165) is 27.5 Å². The zero-order valence-electron chi connectivity index (χ0n) is 11.5. The molecular weight excluding hydrogens is 384 g/mol. The zero-order chi connectivity index (χ0) is 14.5. The number of carbonyl (C=O) groups is 1. The summed E-state index contributed by atoms with van der Waals surface area (Å²) in [4.78, 5) is 14.7. The molecule has 1 aliphatic rings. The van der Waals surface area contributed by atoms with Crippen LogP contribution >= 0.6 is 31.9 Å². The molecule has 5 heteroatoms. The molecule has 0 spiro atoms. The van der Waals surface area contributed by atoms with E-state index in [1.165, 1.54) is 32.4 Å². The molecule has 1 saturated heterocycles. The van der Waals surface area contributed by atoms with E-state index >= 15 is 0 Å². The predicted molar refractivity (Wildman–Crippen MR) is 90.1 cm³/mol. The molecule has 2 N–H and O–H groups in total. The van der Waals surface area contributed by atoms with Crippen LogP contribution in [0.4, 0.5) is 5.69 Å². The minimum absolute atomic E-state index is 0.184. The van der Waals surface area contributed by atoms with Gasteiger partial charge in [0.1, 0.15) is 0 Å². The van der Waals surface area contributed by atoms with Gasteiger partial charge in [0, 0.05) is 20.9 Å². The van der Waals surface area contributed by atoms with Crippen LogP contribution in [-0.2, 0) is 0 Å². The van der Waals surface area contributed by atoms with Crippen molar-refractivity contribution in [3.8, 4) is 0 Å². The lowest BCUT2D eigenvalue weighted by atomic mass is 10.1. The van der Waals surface area contributed by atoms with Crippen molar-refractivity contribution in [1.82, 2.24) is 4.90 Å². The number of nitrogen functional groups attached to an aromatic ring is 1. The molecule has 0 unspecified atom stereocenters. The first-order valence-corrected chi connectivity index (χ1v) is 8.66. The number of nitrogens with two attached hydrogens (primary N) is 1. The van der Waals surface area contributed by atoms with Crippen molar-refractivity contribution in [2.24, 2.45) is 0 Å². The van der Waals surface area contributed by atoms with E-state index in [9.17, 15) is 4.79 Å². The predicted octanol–water partition coefficient (Wildman–Crippen LogP) is 4.24. The number of carbonyl (C=O) groups excluding carboxylic acids is 1. The van der Waals surface area contributed by atoms with Crippen LogP contribution in [0.3, 0.4) is 0 Å². The van der Waals surface area contributed by atoms with Gasteiger partial charge in [0.2, 0.25) is 0 Å². The van der Waals surface area contributed by atoms with Gasteiger partial charge >= 0.3 is 0 Å². The Morgan fingerprint density at radius 3 is 2.35 bits per heavy atom. The maximum absolute atomic E-state index is 12.2. The van der Waals surface area contributed by atoms with E-state index in [2.05, 4.69) is 36.8 Å². The summed E-state index contributed by atoms with van der Waals surface area (Å²) < 4.78 is 1.54. The van der Waals surface area contributed by atoms with Crippen molar-refractivity contribution in [2.75, 3.05) is 25.4 Å². The first-order chi connectivity index (χ1) is 9.58. The van der Waals surface area contributed by atoms with Gasteiger partial charge in [0.15, 0.2) is 5.78 Å². The maximum Gasteiger partial charge on any atom is 0.163 e. The van der Waals surface area contributed by atoms with Gasteiger partial charge in [-0.3, -0.25) is 4.79 Å². The van der Waals surface area contributed by atoms with Crippen LogP contribution in [0, 0.1) is 0 Å². The second-order valence-electron chi connectivity index (χ2n) is 5.28. The maximum atomic E-state index is 12.2. The Hall–Kier alpha value is -0.390. The average Bonchev–Trinajstić information content (AvgIpc) is 2.45. The lowest BCUT2D eigenvalue weighted by molar-refractivity contribution is 0.0973. The summed E-state index contributed by atoms with van der Waals surface area (Å²) in [7, 11) is 0. The highest BCUT2D eigenvalue weighted by atomic mass is 79.9. The fraction of sp³-hybridized carbons (Fsp3) is 0.533. The number of rotatable bonds is 5. The highest BCUT2D eigenvalue weighted by Gasteiger charge is 2.13. The van der Waals surface area contributed by atoms with Crippen molar-refractivity contribution in [1.29, 1.82) is 0 Å². The summed E-state index contributed by atoms with van der Waals surface area (Å²) in [5.74, 6) is 0.184. The first-order valence-electron chi connectivity index (χ1n) is 7.08. The van der Waals surface area contributed by atoms with Crippen LogP contribution < -0.4 is 5.73 Å². The average molecular weight is 404 g/mol. The summed E-state index contributed by atoms with van der Waals surface area (Å²) >= 11 is 6.76. The normalized spacial score (nSPS) is 16.3. The molecule has 3 nitrogen and oxygen atoms in total. The number of Topliss-reactive ketones (excluding diaryl/α,β-unsaturated/α-hetero) is 1. The molecule has 2 rings (SSSR count). The number of ketones is 1. The van der Waals surface area contributed by atoms with E-state index in [1.807, 2.05) is 12.1 Å². The molecule has 0 saturated carbocycles. The van der Waals surface area contributed by atoms with E-state index in [-0.39, 0.29) is 5.78 Å². The molecule has 1 aliphatic heterocycles. The number of hydrogen-bond donors (Lipinski definition) is 1. The molecule has 20 heavy (non-hydrogen) atoms. The van der Waals surface area contributed by atoms with Gasteiger partial charge in [-0.25, -0.2) is 0 Å². The van der Waals surface area contributed by atoms with Crippen molar-refractivity contribution < 1.29 is 4.79 Å². The van der Waals surface area contributed by atoms with Crippen molar-refractivity contribution in [3.05, 3.63) is 26.6 Å². The summed E-state index contributed by atoms with van der Waals surface area (Å²) in [6.45, 7) is 3.41. The van der Waals surface area contributed by atoms with Crippen molar-refractivity contribution >= 4 is 43.3 Å². The third-order valence-electron chi connectivity index (χ3n) is 3.73. The number of anilines is 1. The zero-order valence-corrected chi connectivity index (χ0v) is 14.7. The number of halogens is 2. The van der Waals surface area contributed by atoms with Gasteiger partial charge < -0.3 is 10.6 Å². The Kier molecular flexibility index (Phi) is 6.05. The molecule has 1 fully saturated rings. The van der Waals surface area contributed by atoms with E-state index in [4.69, 9.17) is 5.73 Å². The van der Waals surface area contributed by atoms with Crippen molar-refractivity contribution in [2.45, 2.75) is 32.1 Å². The monoisotopic (exact) mass is 402 g/mol. The second-order valence-corrected chi connectivity index (χ2v) is 6.99. The quantitative estimate of drug-likeness (QED) is 0.590. The van der Waals surface area contributed by atoms with Gasteiger partial charge in [-0.2, -0.15) is 0 Å². The fourth-order valence-corrected chi connectivity index (χ4v) is 3.72. The molecule has 1 heterocycles. The molecule has 0 radical (unpaired) electrons. The Morgan fingerprint density at radius 2 is 1.75 bits per heavy atom. The van der Waals surface area contributed by atoms with E-state index in [0.29, 0.717) is 12.1 Å². The van der Waals surface area contributed by atoms with Gasteiger partial charge in [0.05, 0.1) is 5.69 Å². The summed E-state index contributed by atoms with van der Waals surface area (Å²) in [5.41, 5.74) is 7.19. The highest BCUT2D eigenvalue weighted by Crippen LogP contribution is 2.30. The highest BCUT2D eigenvalue weighted by molar-refractivity contribution is 9.11. The molecule has 1 aromatic rings. The van der Waals surface area contributed by atoms with Crippen LogP contribution in [0.5, 0.6) is 0 Å². The topological polar surface area (TPSA) is 46.3 Å².